The number of hydrogen-bond acceptors (Lipinski definition) is 2. The lowest BCUT2D eigenvalue weighted by Gasteiger charge is -2.03. The second-order valence-corrected chi connectivity index (χ2v) is 3.83. The van der Waals surface area contributed by atoms with Crippen molar-refractivity contribution in [2.24, 2.45) is 0 Å². The van der Waals surface area contributed by atoms with Gasteiger partial charge in [0.15, 0.2) is 0 Å². The van der Waals surface area contributed by atoms with Crippen molar-refractivity contribution in [1.29, 1.82) is 0 Å². The molecule has 0 spiro atoms. The third-order valence-electron chi connectivity index (χ3n) is 2.36. The zero-order valence-electron chi connectivity index (χ0n) is 10.1. The van der Waals surface area contributed by atoms with E-state index in [2.05, 4.69) is 41.8 Å². The Morgan fingerprint density at radius 3 is 3.19 bits per heavy atom. The summed E-state index contributed by atoms with van der Waals surface area (Å²) in [6, 6.07) is 2.17. The number of ether oxygens (including phenoxy) is 1. The molecule has 0 bridgehead atoms. The predicted octanol–water partition coefficient (Wildman–Crippen LogP) is 2.54. The van der Waals surface area contributed by atoms with Gasteiger partial charge in [0, 0.05) is 25.5 Å². The largest absolute Gasteiger partial charge is 0.502 e. The highest BCUT2D eigenvalue weighted by atomic mass is 16.5. The van der Waals surface area contributed by atoms with Crippen LogP contribution in [0.2, 0.25) is 0 Å². The van der Waals surface area contributed by atoms with Gasteiger partial charge in [0.25, 0.3) is 0 Å². The molecule has 1 heterocycles. The fourth-order valence-electron chi connectivity index (χ4n) is 1.59. The van der Waals surface area contributed by atoms with E-state index in [9.17, 15) is 0 Å². The first kappa shape index (κ1) is 12.8. The summed E-state index contributed by atoms with van der Waals surface area (Å²) in [5.74, 6) is 0. The molecule has 0 saturated carbocycles. The van der Waals surface area contributed by atoms with E-state index in [1.165, 1.54) is 18.2 Å². The molecule has 0 radical (unpaired) electrons. The summed E-state index contributed by atoms with van der Waals surface area (Å²) in [4.78, 5) is 0. The van der Waals surface area contributed by atoms with Gasteiger partial charge in [0.2, 0.25) is 0 Å². The highest BCUT2D eigenvalue weighted by Gasteiger charge is 1.95. The molecule has 0 aliphatic rings. The lowest BCUT2D eigenvalue weighted by molar-refractivity contribution is 0.244. The molecule has 0 aromatic carbocycles. The van der Waals surface area contributed by atoms with Crippen molar-refractivity contribution in [3.05, 3.63) is 36.9 Å². The molecule has 1 aromatic heterocycles. The minimum absolute atomic E-state index is 0.743. The molecule has 1 aromatic rings. The van der Waals surface area contributed by atoms with Crippen molar-refractivity contribution < 1.29 is 4.74 Å². The first-order chi connectivity index (χ1) is 7.86. The van der Waals surface area contributed by atoms with Crippen LogP contribution in [0.15, 0.2) is 31.3 Å². The van der Waals surface area contributed by atoms with Gasteiger partial charge < -0.3 is 14.6 Å². The Kier molecular flexibility index (Phi) is 6.42. The fraction of sp³-hybridized carbons (Fsp3) is 0.538. The normalized spacial score (nSPS) is 10.3. The van der Waals surface area contributed by atoms with Gasteiger partial charge in [-0.15, -0.1) is 0 Å². The minimum atomic E-state index is 0.743. The second kappa shape index (κ2) is 7.99. The van der Waals surface area contributed by atoms with E-state index in [4.69, 9.17) is 4.74 Å². The lowest BCUT2D eigenvalue weighted by Crippen LogP contribution is -2.15. The molecule has 16 heavy (non-hydrogen) atoms. The van der Waals surface area contributed by atoms with Gasteiger partial charge in [0.1, 0.15) is 0 Å². The molecule has 90 valence electrons. The second-order valence-electron chi connectivity index (χ2n) is 3.83. The van der Waals surface area contributed by atoms with Crippen molar-refractivity contribution >= 4 is 0 Å². The summed E-state index contributed by atoms with van der Waals surface area (Å²) in [5.41, 5.74) is 1.35. The summed E-state index contributed by atoms with van der Waals surface area (Å²) in [6.45, 7) is 9.45. The molecule has 0 aliphatic heterocycles. The average Bonchev–Trinajstić information content (AvgIpc) is 2.72. The highest BCUT2D eigenvalue weighted by molar-refractivity contribution is 5.09. The third-order valence-corrected chi connectivity index (χ3v) is 2.36. The van der Waals surface area contributed by atoms with E-state index in [-0.39, 0.29) is 0 Å². The maximum Gasteiger partial charge on any atom is 0.0885 e. The van der Waals surface area contributed by atoms with E-state index < -0.39 is 0 Å². The molecule has 1 rings (SSSR count). The molecule has 0 saturated heterocycles. The standard InChI is InChI=1S/C13H22N2O/c1-3-8-15-9-6-13(12-15)11-14-7-5-10-16-4-2/h4,6,9,12,14H,2-3,5,7-8,10-11H2,1H3. The molecular formula is C13H22N2O. The van der Waals surface area contributed by atoms with Crippen molar-refractivity contribution in [1.82, 2.24) is 9.88 Å². The Labute approximate surface area is 98.1 Å². The summed E-state index contributed by atoms with van der Waals surface area (Å²) < 4.78 is 7.28. The molecule has 0 fully saturated rings. The van der Waals surface area contributed by atoms with Gasteiger partial charge in [-0.3, -0.25) is 0 Å². The molecule has 0 atom stereocenters. The zero-order chi connectivity index (χ0) is 11.6. The first-order valence-corrected chi connectivity index (χ1v) is 5.94. The van der Waals surface area contributed by atoms with Crippen LogP contribution in [-0.4, -0.2) is 17.7 Å². The van der Waals surface area contributed by atoms with Crippen LogP contribution in [0.3, 0.4) is 0 Å². The molecule has 3 nitrogen and oxygen atoms in total. The number of aryl methyl sites for hydroxylation is 1. The van der Waals surface area contributed by atoms with E-state index in [1.54, 1.807) is 0 Å². The summed E-state index contributed by atoms with van der Waals surface area (Å²) in [7, 11) is 0. The van der Waals surface area contributed by atoms with Gasteiger partial charge in [-0.1, -0.05) is 13.5 Å². The van der Waals surface area contributed by atoms with Crippen LogP contribution in [0, 0.1) is 0 Å². The number of aromatic nitrogens is 1. The van der Waals surface area contributed by atoms with Crippen LogP contribution < -0.4 is 5.32 Å². The summed E-state index contributed by atoms with van der Waals surface area (Å²) in [6.07, 6.45) is 8.03. The van der Waals surface area contributed by atoms with Crippen molar-refractivity contribution in [2.75, 3.05) is 13.2 Å². The van der Waals surface area contributed by atoms with Crippen LogP contribution in [0.25, 0.3) is 0 Å². The molecule has 0 amide bonds. The Morgan fingerprint density at radius 2 is 2.44 bits per heavy atom. The van der Waals surface area contributed by atoms with Crippen LogP contribution >= 0.6 is 0 Å². The molecule has 0 unspecified atom stereocenters. The zero-order valence-corrected chi connectivity index (χ0v) is 10.1. The minimum Gasteiger partial charge on any atom is -0.502 e. The predicted molar refractivity (Wildman–Crippen MR) is 67.2 cm³/mol. The summed E-state index contributed by atoms with van der Waals surface area (Å²) >= 11 is 0. The van der Waals surface area contributed by atoms with Gasteiger partial charge in [-0.2, -0.15) is 0 Å². The van der Waals surface area contributed by atoms with Crippen molar-refractivity contribution in [3.63, 3.8) is 0 Å². The smallest absolute Gasteiger partial charge is 0.0885 e. The number of hydrogen-bond donors (Lipinski definition) is 1. The SMILES string of the molecule is C=COCCCNCc1ccn(CCC)c1. The molecular weight excluding hydrogens is 200 g/mol. The van der Waals surface area contributed by atoms with Crippen LogP contribution in [0.5, 0.6) is 0 Å². The Hall–Kier alpha value is -1.22. The third kappa shape index (κ3) is 5.03. The molecule has 3 heteroatoms. The number of nitrogens with zero attached hydrogens (tertiary/aromatic N) is 1. The first-order valence-electron chi connectivity index (χ1n) is 5.94. The van der Waals surface area contributed by atoms with Crippen LogP contribution in [0.4, 0.5) is 0 Å². The van der Waals surface area contributed by atoms with E-state index >= 15 is 0 Å². The van der Waals surface area contributed by atoms with Gasteiger partial charge in [0.05, 0.1) is 12.9 Å². The fourth-order valence-corrected chi connectivity index (χ4v) is 1.59. The van der Waals surface area contributed by atoms with E-state index in [0.29, 0.717) is 0 Å². The average molecular weight is 222 g/mol. The summed E-state index contributed by atoms with van der Waals surface area (Å²) in [5, 5.41) is 3.39. The van der Waals surface area contributed by atoms with Gasteiger partial charge in [-0.05, 0) is 31.0 Å². The van der Waals surface area contributed by atoms with E-state index in [0.717, 1.165) is 32.7 Å². The maximum atomic E-state index is 5.04. The maximum absolute atomic E-state index is 5.04. The number of rotatable bonds is 9. The van der Waals surface area contributed by atoms with Crippen LogP contribution in [0.1, 0.15) is 25.3 Å². The van der Waals surface area contributed by atoms with Crippen molar-refractivity contribution in [3.8, 4) is 0 Å². The van der Waals surface area contributed by atoms with Crippen molar-refractivity contribution in [2.45, 2.75) is 32.9 Å². The molecule has 1 N–H and O–H groups in total. The van der Waals surface area contributed by atoms with Gasteiger partial charge >= 0.3 is 0 Å². The Balaban J connectivity index is 2.09. The monoisotopic (exact) mass is 222 g/mol. The number of nitrogens with one attached hydrogen (secondary N) is 1. The van der Waals surface area contributed by atoms with E-state index in [1.807, 2.05) is 0 Å². The highest BCUT2D eigenvalue weighted by Crippen LogP contribution is 2.01. The lowest BCUT2D eigenvalue weighted by atomic mass is 10.3. The quantitative estimate of drug-likeness (QED) is 0.513. The Bertz CT molecular complexity index is 294. The topological polar surface area (TPSA) is 26.2 Å². The molecule has 0 aliphatic carbocycles. The van der Waals surface area contributed by atoms with Crippen LogP contribution in [-0.2, 0) is 17.8 Å². The van der Waals surface area contributed by atoms with Gasteiger partial charge in [-0.25, -0.2) is 0 Å². The Morgan fingerprint density at radius 1 is 1.56 bits per heavy atom.